The van der Waals surface area contributed by atoms with Gasteiger partial charge in [-0.2, -0.15) is 5.10 Å². The summed E-state index contributed by atoms with van der Waals surface area (Å²) in [6.45, 7) is 0.923. The van der Waals surface area contributed by atoms with Crippen molar-refractivity contribution < 1.29 is 4.79 Å². The Morgan fingerprint density at radius 1 is 1.00 bits per heavy atom. The summed E-state index contributed by atoms with van der Waals surface area (Å²) in [6.07, 6.45) is 1.74. The molecule has 5 N–H and O–H groups in total. The van der Waals surface area contributed by atoms with E-state index in [9.17, 15) is 4.79 Å². The van der Waals surface area contributed by atoms with E-state index in [-0.39, 0.29) is 6.03 Å². The van der Waals surface area contributed by atoms with Gasteiger partial charge in [-0.05, 0) is 42.5 Å². The summed E-state index contributed by atoms with van der Waals surface area (Å²) in [7, 11) is 0. The molecule has 0 spiro atoms. The van der Waals surface area contributed by atoms with E-state index in [0.717, 1.165) is 11.4 Å². The molecule has 0 saturated carbocycles. The molecule has 1 aromatic heterocycles. The average Bonchev–Trinajstić information content (AvgIpc) is 3.08. The first-order valence-electron chi connectivity index (χ1n) is 8.21. The predicted octanol–water partition coefficient (Wildman–Crippen LogP) is 4.69. The van der Waals surface area contributed by atoms with Crippen molar-refractivity contribution in [1.82, 2.24) is 15.5 Å². The molecule has 0 unspecified atom stereocenters. The summed E-state index contributed by atoms with van der Waals surface area (Å²) in [6, 6.07) is 14.0. The Labute approximate surface area is 166 Å². The fourth-order valence-corrected chi connectivity index (χ4v) is 2.62. The van der Waals surface area contributed by atoms with Crippen LogP contribution < -0.4 is 21.3 Å². The van der Waals surface area contributed by atoms with Crippen molar-refractivity contribution in [3.8, 4) is 0 Å². The van der Waals surface area contributed by atoms with Gasteiger partial charge in [-0.3, -0.25) is 5.10 Å². The quantitative estimate of drug-likeness (QED) is 0.369. The molecule has 7 nitrogen and oxygen atoms in total. The first-order valence-corrected chi connectivity index (χ1v) is 8.96. The van der Waals surface area contributed by atoms with Crippen LogP contribution in [0.5, 0.6) is 0 Å². The summed E-state index contributed by atoms with van der Waals surface area (Å²) < 4.78 is 0. The highest BCUT2D eigenvalue weighted by Crippen LogP contribution is 2.24. The second-order valence-corrected chi connectivity index (χ2v) is 6.47. The highest BCUT2D eigenvalue weighted by molar-refractivity contribution is 6.31. The van der Waals surface area contributed by atoms with Crippen LogP contribution >= 0.6 is 23.2 Å². The molecule has 2 aromatic carbocycles. The molecular weight excluding hydrogens is 387 g/mol. The number of urea groups is 1. The molecule has 140 valence electrons. The minimum Gasteiger partial charge on any atom is -0.365 e. The SMILES string of the molecule is O=C(NCCNc1n[nH]cc1Nc1cccc(Cl)c1)Nc1ccc(Cl)cc1. The molecule has 27 heavy (non-hydrogen) atoms. The first kappa shape index (κ1) is 18.9. The van der Waals surface area contributed by atoms with E-state index in [1.54, 1.807) is 30.5 Å². The van der Waals surface area contributed by atoms with Crippen LogP contribution in [0.3, 0.4) is 0 Å². The third-order valence-corrected chi connectivity index (χ3v) is 4.04. The number of H-pyrrole nitrogens is 1. The number of halogens is 2. The lowest BCUT2D eigenvalue weighted by atomic mass is 10.3. The Morgan fingerprint density at radius 3 is 2.59 bits per heavy atom. The molecule has 1 heterocycles. The van der Waals surface area contributed by atoms with Gasteiger partial charge < -0.3 is 21.3 Å². The number of aromatic nitrogens is 2. The van der Waals surface area contributed by atoms with Gasteiger partial charge in [0.15, 0.2) is 5.82 Å². The Balaban J connectivity index is 1.43. The van der Waals surface area contributed by atoms with E-state index in [2.05, 4.69) is 31.5 Å². The van der Waals surface area contributed by atoms with Crippen molar-refractivity contribution in [2.45, 2.75) is 0 Å². The highest BCUT2D eigenvalue weighted by atomic mass is 35.5. The van der Waals surface area contributed by atoms with E-state index < -0.39 is 0 Å². The lowest BCUT2D eigenvalue weighted by molar-refractivity contribution is 0.252. The summed E-state index contributed by atoms with van der Waals surface area (Å²) in [5, 5.41) is 20.1. The van der Waals surface area contributed by atoms with Crippen LogP contribution in [0.2, 0.25) is 10.0 Å². The van der Waals surface area contributed by atoms with Gasteiger partial charge in [0.05, 0.1) is 0 Å². The van der Waals surface area contributed by atoms with Crippen LogP contribution in [0.25, 0.3) is 0 Å². The number of aromatic amines is 1. The van der Waals surface area contributed by atoms with Crippen LogP contribution in [0.15, 0.2) is 54.7 Å². The zero-order valence-electron chi connectivity index (χ0n) is 14.2. The first-order chi connectivity index (χ1) is 13.1. The fourth-order valence-electron chi connectivity index (χ4n) is 2.31. The number of rotatable bonds is 7. The molecule has 3 rings (SSSR count). The molecule has 0 bridgehead atoms. The average molecular weight is 405 g/mol. The molecule has 0 radical (unpaired) electrons. The maximum Gasteiger partial charge on any atom is 0.319 e. The molecule has 0 aliphatic rings. The third-order valence-electron chi connectivity index (χ3n) is 3.55. The van der Waals surface area contributed by atoms with Gasteiger partial charge >= 0.3 is 6.03 Å². The van der Waals surface area contributed by atoms with Crippen LogP contribution in [0.4, 0.5) is 27.7 Å². The Bertz CT molecular complexity index is 897. The van der Waals surface area contributed by atoms with Gasteiger partial charge in [-0.25, -0.2) is 4.79 Å². The summed E-state index contributed by atoms with van der Waals surface area (Å²) in [4.78, 5) is 11.9. The standard InChI is InChI=1S/C18H18Cl2N6O/c19-12-4-6-14(7-5-12)25-18(27)22-9-8-21-17-16(11-23-26-17)24-15-3-1-2-13(20)10-15/h1-7,10-11,24H,8-9H2,(H2,21,23,26)(H2,22,25,27). The summed E-state index contributed by atoms with van der Waals surface area (Å²) >= 11 is 11.8. The van der Waals surface area contributed by atoms with E-state index >= 15 is 0 Å². The molecule has 0 atom stereocenters. The number of benzene rings is 2. The van der Waals surface area contributed by atoms with Crippen molar-refractivity contribution >= 4 is 52.1 Å². The molecule has 3 aromatic rings. The van der Waals surface area contributed by atoms with Crippen molar-refractivity contribution in [2.24, 2.45) is 0 Å². The number of anilines is 4. The van der Waals surface area contributed by atoms with Gasteiger partial charge in [0.2, 0.25) is 0 Å². The minimum absolute atomic E-state index is 0.293. The molecule has 0 aliphatic carbocycles. The Morgan fingerprint density at radius 2 is 1.81 bits per heavy atom. The maximum atomic E-state index is 11.9. The number of carbonyl (C=O) groups is 1. The zero-order valence-corrected chi connectivity index (χ0v) is 15.7. The molecular formula is C18H18Cl2N6O. The maximum absolute atomic E-state index is 11.9. The van der Waals surface area contributed by atoms with Gasteiger partial charge in [-0.1, -0.05) is 29.3 Å². The summed E-state index contributed by atoms with van der Waals surface area (Å²) in [5.74, 6) is 0.648. The van der Waals surface area contributed by atoms with Crippen LogP contribution in [0.1, 0.15) is 0 Å². The second kappa shape index (κ2) is 9.16. The van der Waals surface area contributed by atoms with E-state index in [4.69, 9.17) is 23.2 Å². The van der Waals surface area contributed by atoms with Gasteiger partial charge in [0.25, 0.3) is 0 Å². The molecule has 9 heteroatoms. The lowest BCUT2D eigenvalue weighted by Crippen LogP contribution is -2.32. The van der Waals surface area contributed by atoms with Gasteiger partial charge in [-0.15, -0.1) is 0 Å². The number of hydrogen-bond acceptors (Lipinski definition) is 4. The van der Waals surface area contributed by atoms with Crippen molar-refractivity contribution in [3.05, 3.63) is 64.8 Å². The van der Waals surface area contributed by atoms with E-state index in [0.29, 0.717) is 34.6 Å². The number of hydrogen-bond donors (Lipinski definition) is 5. The summed E-state index contributed by atoms with van der Waals surface area (Å²) in [5.41, 5.74) is 2.31. The largest absolute Gasteiger partial charge is 0.365 e. The number of carbonyl (C=O) groups excluding carboxylic acids is 1. The third kappa shape index (κ3) is 5.80. The molecule has 0 aliphatic heterocycles. The lowest BCUT2D eigenvalue weighted by Gasteiger charge is -2.10. The Hall–Kier alpha value is -2.90. The predicted molar refractivity (Wildman–Crippen MR) is 110 cm³/mol. The monoisotopic (exact) mass is 404 g/mol. The topological polar surface area (TPSA) is 93.9 Å². The van der Waals surface area contributed by atoms with Gasteiger partial charge in [0, 0.05) is 40.7 Å². The number of nitrogens with one attached hydrogen (secondary N) is 5. The van der Waals surface area contributed by atoms with Crippen LogP contribution in [-0.4, -0.2) is 29.3 Å². The Kier molecular flexibility index (Phi) is 6.40. The van der Waals surface area contributed by atoms with Crippen LogP contribution in [-0.2, 0) is 0 Å². The van der Waals surface area contributed by atoms with Gasteiger partial charge in [0.1, 0.15) is 5.69 Å². The van der Waals surface area contributed by atoms with Crippen LogP contribution in [0, 0.1) is 0 Å². The second-order valence-electron chi connectivity index (χ2n) is 5.60. The van der Waals surface area contributed by atoms with Crippen molar-refractivity contribution in [3.63, 3.8) is 0 Å². The minimum atomic E-state index is -0.293. The highest BCUT2D eigenvalue weighted by Gasteiger charge is 2.06. The normalized spacial score (nSPS) is 10.3. The van der Waals surface area contributed by atoms with E-state index in [1.807, 2.05) is 24.3 Å². The van der Waals surface area contributed by atoms with E-state index in [1.165, 1.54) is 0 Å². The van der Waals surface area contributed by atoms with Crippen molar-refractivity contribution in [2.75, 3.05) is 29.0 Å². The van der Waals surface area contributed by atoms with Crippen molar-refractivity contribution in [1.29, 1.82) is 0 Å². The zero-order chi connectivity index (χ0) is 19.1. The molecule has 0 saturated heterocycles. The number of amides is 2. The molecule has 0 fully saturated rings. The fraction of sp³-hybridized carbons (Fsp3) is 0.111. The molecule has 2 amide bonds. The number of nitrogens with zero attached hydrogens (tertiary/aromatic N) is 1. The smallest absolute Gasteiger partial charge is 0.319 e.